The third-order valence-electron chi connectivity index (χ3n) is 7.14. The van der Waals surface area contributed by atoms with Crippen LogP contribution in [0.2, 0.25) is 10.0 Å². The summed E-state index contributed by atoms with van der Waals surface area (Å²) in [6.45, 7) is 0. The van der Waals surface area contributed by atoms with Crippen molar-refractivity contribution < 1.29 is 0 Å². The lowest BCUT2D eigenvalue weighted by atomic mass is 10.0. The van der Waals surface area contributed by atoms with Gasteiger partial charge in [-0.15, -0.1) is 0 Å². The topological polar surface area (TPSA) is 30.5 Å². The van der Waals surface area contributed by atoms with Crippen LogP contribution in [0.1, 0.15) is 34.3 Å². The Hall–Kier alpha value is -3.68. The smallest absolute Gasteiger partial charge is 0.0966 e. The van der Waals surface area contributed by atoms with Crippen molar-refractivity contribution in [1.82, 2.24) is 10.9 Å². The van der Waals surface area contributed by atoms with Gasteiger partial charge in [0, 0.05) is 10.0 Å². The molecule has 198 valence electrons. The van der Waals surface area contributed by atoms with Gasteiger partial charge in [-0.05, 0) is 104 Å². The molecule has 0 bridgehead atoms. The van der Waals surface area contributed by atoms with Gasteiger partial charge in [-0.1, -0.05) is 59.6 Å². The summed E-state index contributed by atoms with van der Waals surface area (Å²) in [5, 5.41) is 14.4. The Kier molecular flexibility index (Phi) is 6.77. The van der Waals surface area contributed by atoms with Crippen LogP contribution in [-0.2, 0) is 0 Å². The maximum atomic E-state index is 6.34. The Bertz CT molecular complexity index is 1570. The normalized spacial score (nSPS) is 18.4. The maximum Gasteiger partial charge on any atom is 0.0966 e. The lowest BCUT2D eigenvalue weighted by Gasteiger charge is -2.27. The van der Waals surface area contributed by atoms with Gasteiger partial charge in [0.05, 0.1) is 34.9 Å². The lowest BCUT2D eigenvalue weighted by Crippen LogP contribution is -2.34. The molecule has 2 aromatic heterocycles. The van der Waals surface area contributed by atoms with Crippen LogP contribution in [0.3, 0.4) is 0 Å². The van der Waals surface area contributed by atoms with Crippen molar-refractivity contribution in [2.24, 2.45) is 0 Å². The average molecular weight is 600 g/mol. The van der Waals surface area contributed by atoms with Gasteiger partial charge in [0.15, 0.2) is 0 Å². The van der Waals surface area contributed by atoms with Crippen molar-refractivity contribution in [2.75, 3.05) is 10.0 Å². The highest BCUT2D eigenvalue weighted by atomic mass is 35.5. The second-order valence-electron chi connectivity index (χ2n) is 9.66. The quantitative estimate of drug-likeness (QED) is 0.204. The first-order valence-electron chi connectivity index (χ1n) is 12.8. The first-order valence-corrected chi connectivity index (χ1v) is 15.5. The van der Waals surface area contributed by atoms with Crippen molar-refractivity contribution in [3.05, 3.63) is 151 Å². The molecule has 7 rings (SSSR count). The summed E-state index contributed by atoms with van der Waals surface area (Å²) in [5.41, 5.74) is 16.1. The molecular formula is C32H24Cl2N4S2. The molecule has 5 aromatic rings. The van der Waals surface area contributed by atoms with Gasteiger partial charge in [0.1, 0.15) is 0 Å². The van der Waals surface area contributed by atoms with Gasteiger partial charge in [0.25, 0.3) is 0 Å². The van der Waals surface area contributed by atoms with Crippen molar-refractivity contribution in [3.63, 3.8) is 0 Å². The minimum absolute atomic E-state index is 0.0659. The molecule has 40 heavy (non-hydrogen) atoms. The van der Waals surface area contributed by atoms with E-state index in [4.69, 9.17) is 23.2 Å². The van der Waals surface area contributed by atoms with E-state index in [9.17, 15) is 0 Å². The van der Waals surface area contributed by atoms with Gasteiger partial charge in [-0.25, -0.2) is 0 Å². The highest BCUT2D eigenvalue weighted by molar-refractivity contribution is 7.08. The largest absolute Gasteiger partial charge is 0.297 e. The van der Waals surface area contributed by atoms with E-state index in [-0.39, 0.29) is 12.1 Å². The van der Waals surface area contributed by atoms with Crippen molar-refractivity contribution in [2.45, 2.75) is 12.1 Å². The molecule has 3 aromatic carbocycles. The molecule has 2 aliphatic heterocycles. The maximum absolute atomic E-state index is 6.34. The number of hydrazine groups is 2. The van der Waals surface area contributed by atoms with Crippen molar-refractivity contribution in [1.29, 1.82) is 0 Å². The standard InChI is InChI=1S/C32H24Cl2N4S2/c33-25-3-1-5-27(15-25)37-31(23-11-13-39-19-23)17-29(35-37)21-7-9-22(10-8-21)30-18-32(24-12-14-40-20-24)38(36-30)28-6-2-4-26(34)16-28/h1-20,31-32,35-36H. The fourth-order valence-electron chi connectivity index (χ4n) is 5.17. The lowest BCUT2D eigenvalue weighted by molar-refractivity contribution is 0.725. The van der Waals surface area contributed by atoms with Crippen LogP contribution in [0.4, 0.5) is 11.4 Å². The first-order chi connectivity index (χ1) is 19.6. The zero-order valence-electron chi connectivity index (χ0n) is 21.2. The SMILES string of the molecule is Clc1cccc(N2NC(c3ccc(C4=CC(c5ccsc5)N(c5cccc(Cl)c5)N4)cc3)=CC2c2ccsc2)c1. The van der Waals surface area contributed by atoms with Crippen LogP contribution in [-0.4, -0.2) is 0 Å². The highest BCUT2D eigenvalue weighted by Crippen LogP contribution is 2.39. The number of nitrogens with one attached hydrogen (secondary N) is 2. The molecule has 4 nitrogen and oxygen atoms in total. The predicted molar refractivity (Wildman–Crippen MR) is 171 cm³/mol. The van der Waals surface area contributed by atoms with Crippen LogP contribution in [0.15, 0.2) is 119 Å². The van der Waals surface area contributed by atoms with Crippen LogP contribution in [0.25, 0.3) is 11.4 Å². The van der Waals surface area contributed by atoms with E-state index in [0.717, 1.165) is 33.9 Å². The van der Waals surface area contributed by atoms with E-state index in [1.807, 2.05) is 36.4 Å². The van der Waals surface area contributed by atoms with Gasteiger partial charge >= 0.3 is 0 Å². The van der Waals surface area contributed by atoms with E-state index in [2.05, 4.69) is 103 Å². The third kappa shape index (κ3) is 4.88. The van der Waals surface area contributed by atoms with Gasteiger partial charge in [-0.2, -0.15) is 22.7 Å². The van der Waals surface area contributed by atoms with E-state index in [1.54, 1.807) is 22.7 Å². The first kappa shape index (κ1) is 25.3. The van der Waals surface area contributed by atoms with Gasteiger partial charge in [0.2, 0.25) is 0 Å². The summed E-state index contributed by atoms with van der Waals surface area (Å²) in [6.07, 6.45) is 4.55. The number of anilines is 2. The Morgan fingerprint density at radius 2 is 1.02 bits per heavy atom. The Balaban J connectivity index is 1.17. The zero-order chi connectivity index (χ0) is 27.1. The Morgan fingerprint density at radius 1 is 0.575 bits per heavy atom. The summed E-state index contributed by atoms with van der Waals surface area (Å²) in [5.74, 6) is 0. The molecule has 0 spiro atoms. The Labute approximate surface area is 251 Å². The third-order valence-corrected chi connectivity index (χ3v) is 9.01. The number of thiophene rings is 2. The van der Waals surface area contributed by atoms with E-state index < -0.39 is 0 Å². The minimum Gasteiger partial charge on any atom is -0.297 e. The highest BCUT2D eigenvalue weighted by Gasteiger charge is 2.29. The number of rotatable bonds is 6. The van der Waals surface area contributed by atoms with Gasteiger partial charge in [-0.3, -0.25) is 20.9 Å². The van der Waals surface area contributed by atoms with Crippen molar-refractivity contribution >= 4 is 68.6 Å². The van der Waals surface area contributed by atoms with E-state index in [0.29, 0.717) is 10.0 Å². The number of nitrogens with zero attached hydrogens (tertiary/aromatic N) is 2. The molecule has 4 heterocycles. The van der Waals surface area contributed by atoms with Crippen LogP contribution < -0.4 is 20.9 Å². The average Bonchev–Trinajstić information content (AvgIpc) is 3.79. The molecule has 0 aliphatic carbocycles. The molecule has 0 amide bonds. The molecule has 2 unspecified atom stereocenters. The summed E-state index contributed by atoms with van der Waals surface area (Å²) >= 11 is 16.1. The summed E-state index contributed by atoms with van der Waals surface area (Å²) < 4.78 is 0. The Morgan fingerprint density at radius 3 is 1.40 bits per heavy atom. The fraction of sp³-hybridized carbons (Fsp3) is 0.0625. The number of hydrogen-bond acceptors (Lipinski definition) is 6. The number of halogens is 2. The minimum atomic E-state index is 0.0659. The molecule has 2 atom stereocenters. The van der Waals surface area contributed by atoms with Crippen LogP contribution in [0, 0.1) is 0 Å². The second-order valence-corrected chi connectivity index (χ2v) is 12.1. The molecule has 2 N–H and O–H groups in total. The molecule has 0 saturated carbocycles. The summed E-state index contributed by atoms with van der Waals surface area (Å²) in [7, 11) is 0. The molecule has 0 radical (unpaired) electrons. The monoisotopic (exact) mass is 598 g/mol. The molecule has 0 fully saturated rings. The molecule has 0 saturated heterocycles. The summed E-state index contributed by atoms with van der Waals surface area (Å²) in [4.78, 5) is 0. The van der Waals surface area contributed by atoms with E-state index in [1.165, 1.54) is 11.1 Å². The number of benzene rings is 3. The predicted octanol–water partition coefficient (Wildman–Crippen LogP) is 9.33. The number of hydrogen-bond donors (Lipinski definition) is 2. The fourth-order valence-corrected chi connectivity index (χ4v) is 6.92. The molecular weight excluding hydrogens is 575 g/mol. The zero-order valence-corrected chi connectivity index (χ0v) is 24.3. The summed E-state index contributed by atoms with van der Waals surface area (Å²) in [6, 6.07) is 29.0. The van der Waals surface area contributed by atoms with Crippen LogP contribution in [0.5, 0.6) is 0 Å². The van der Waals surface area contributed by atoms with Crippen LogP contribution >= 0.6 is 45.9 Å². The second kappa shape index (κ2) is 10.7. The molecule has 2 aliphatic rings. The van der Waals surface area contributed by atoms with Gasteiger partial charge < -0.3 is 0 Å². The van der Waals surface area contributed by atoms with Crippen molar-refractivity contribution in [3.8, 4) is 0 Å². The van der Waals surface area contributed by atoms with E-state index >= 15 is 0 Å². The molecule has 8 heteroatoms.